The van der Waals surface area contributed by atoms with Gasteiger partial charge in [0.1, 0.15) is 5.75 Å². The minimum Gasteiger partial charge on any atom is -0.494 e. The number of nitrogens with one attached hydrogen (secondary N) is 1. The number of aliphatic hydroxyl groups excluding tert-OH is 1. The molecule has 0 saturated carbocycles. The third-order valence-corrected chi connectivity index (χ3v) is 2.55. The van der Waals surface area contributed by atoms with Gasteiger partial charge in [-0.3, -0.25) is 4.79 Å². The number of rotatable bonds is 7. The quantitative estimate of drug-likeness (QED) is 0.738. The van der Waals surface area contributed by atoms with Gasteiger partial charge in [-0.05, 0) is 36.6 Å². The van der Waals surface area contributed by atoms with E-state index in [9.17, 15) is 4.79 Å². The van der Waals surface area contributed by atoms with Crippen molar-refractivity contribution < 1.29 is 14.6 Å². The molecule has 0 aliphatic rings. The average Bonchev–Trinajstić information content (AvgIpc) is 2.44. The number of ether oxygens (including phenoxy) is 1. The molecule has 0 aliphatic carbocycles. The van der Waals surface area contributed by atoms with Gasteiger partial charge >= 0.3 is 0 Å². The molecule has 1 amide bonds. The Labute approximate surface area is 114 Å². The van der Waals surface area contributed by atoms with Crippen LogP contribution in [0.15, 0.2) is 30.3 Å². The fourth-order valence-corrected chi connectivity index (χ4v) is 1.41. The number of carbonyl (C=O) groups excluding carboxylic acids is 1. The molecule has 0 heterocycles. The van der Waals surface area contributed by atoms with Gasteiger partial charge in [-0.25, -0.2) is 0 Å². The first-order valence-electron chi connectivity index (χ1n) is 6.45. The molecule has 2 N–H and O–H groups in total. The van der Waals surface area contributed by atoms with E-state index in [1.807, 2.05) is 38.1 Å². The Hall–Kier alpha value is -1.81. The van der Waals surface area contributed by atoms with Crippen molar-refractivity contribution in [1.29, 1.82) is 0 Å². The molecule has 1 aromatic carbocycles. The van der Waals surface area contributed by atoms with E-state index in [1.54, 1.807) is 6.08 Å². The molecule has 4 nitrogen and oxygen atoms in total. The first-order valence-corrected chi connectivity index (χ1v) is 6.45. The molecule has 1 atom stereocenters. The van der Waals surface area contributed by atoms with Crippen LogP contribution in [0.1, 0.15) is 19.4 Å². The largest absolute Gasteiger partial charge is 0.494 e. The Morgan fingerprint density at radius 1 is 1.42 bits per heavy atom. The van der Waals surface area contributed by atoms with Gasteiger partial charge in [-0.15, -0.1) is 0 Å². The maximum Gasteiger partial charge on any atom is 0.244 e. The molecule has 0 fully saturated rings. The standard InChI is InChI=1S/C15H21NO3/c1-3-19-14-7-4-13(5-8-14)6-9-15(18)16-10-12(2)11-17/h4-9,12,17H,3,10-11H2,1-2H3,(H,16,18). The summed E-state index contributed by atoms with van der Waals surface area (Å²) in [5.41, 5.74) is 0.939. The molecule has 1 rings (SSSR count). The number of hydrogen-bond donors (Lipinski definition) is 2. The van der Waals surface area contributed by atoms with Crippen LogP contribution < -0.4 is 10.1 Å². The highest BCUT2D eigenvalue weighted by Gasteiger charge is 2.01. The second-order valence-corrected chi connectivity index (χ2v) is 4.37. The summed E-state index contributed by atoms with van der Waals surface area (Å²) in [6.07, 6.45) is 3.23. The lowest BCUT2D eigenvalue weighted by atomic mass is 10.2. The highest BCUT2D eigenvalue weighted by Crippen LogP contribution is 2.12. The minimum absolute atomic E-state index is 0.0721. The molecule has 0 spiro atoms. The van der Waals surface area contributed by atoms with Crippen LogP contribution in [0.5, 0.6) is 5.75 Å². The molecule has 0 bridgehead atoms. The number of benzene rings is 1. The molecule has 104 valence electrons. The molecule has 0 radical (unpaired) electrons. The summed E-state index contributed by atoms with van der Waals surface area (Å²) in [6.45, 7) is 4.99. The summed E-state index contributed by atoms with van der Waals surface area (Å²) < 4.78 is 5.34. The van der Waals surface area contributed by atoms with E-state index in [-0.39, 0.29) is 18.4 Å². The Balaban J connectivity index is 2.44. The lowest BCUT2D eigenvalue weighted by Crippen LogP contribution is -2.27. The number of hydrogen-bond acceptors (Lipinski definition) is 3. The third-order valence-electron chi connectivity index (χ3n) is 2.55. The Morgan fingerprint density at radius 3 is 2.68 bits per heavy atom. The Morgan fingerprint density at radius 2 is 2.11 bits per heavy atom. The van der Waals surface area contributed by atoms with Gasteiger partial charge in [0.15, 0.2) is 0 Å². The van der Waals surface area contributed by atoms with Gasteiger partial charge in [0.05, 0.1) is 6.61 Å². The molecule has 0 aliphatic heterocycles. The lowest BCUT2D eigenvalue weighted by molar-refractivity contribution is -0.116. The lowest BCUT2D eigenvalue weighted by Gasteiger charge is -2.07. The molecule has 4 heteroatoms. The van der Waals surface area contributed by atoms with E-state index >= 15 is 0 Å². The molecule has 1 unspecified atom stereocenters. The molecule has 0 aromatic heterocycles. The zero-order valence-corrected chi connectivity index (χ0v) is 11.4. The van der Waals surface area contributed by atoms with Crippen molar-refractivity contribution in [3.63, 3.8) is 0 Å². The van der Waals surface area contributed by atoms with Crippen LogP contribution in [0.4, 0.5) is 0 Å². The van der Waals surface area contributed by atoms with Crippen LogP contribution in [-0.4, -0.2) is 30.8 Å². The summed E-state index contributed by atoms with van der Waals surface area (Å²) in [7, 11) is 0. The van der Waals surface area contributed by atoms with E-state index in [4.69, 9.17) is 9.84 Å². The monoisotopic (exact) mass is 263 g/mol. The predicted molar refractivity (Wildman–Crippen MR) is 75.9 cm³/mol. The first-order chi connectivity index (χ1) is 9.15. The molecule has 1 aromatic rings. The van der Waals surface area contributed by atoms with E-state index in [0.29, 0.717) is 13.2 Å². The van der Waals surface area contributed by atoms with Gasteiger partial charge in [-0.2, -0.15) is 0 Å². The van der Waals surface area contributed by atoms with E-state index in [1.165, 1.54) is 6.08 Å². The van der Waals surface area contributed by atoms with Gasteiger partial charge in [0.25, 0.3) is 0 Å². The minimum atomic E-state index is -0.158. The van der Waals surface area contributed by atoms with Crippen LogP contribution in [0.25, 0.3) is 6.08 Å². The smallest absolute Gasteiger partial charge is 0.244 e. The van der Waals surface area contributed by atoms with Crippen molar-refractivity contribution in [3.8, 4) is 5.75 Å². The number of amides is 1. The van der Waals surface area contributed by atoms with Gasteiger partial charge in [-0.1, -0.05) is 19.1 Å². The van der Waals surface area contributed by atoms with E-state index in [0.717, 1.165) is 11.3 Å². The van der Waals surface area contributed by atoms with Crippen molar-refractivity contribution in [1.82, 2.24) is 5.32 Å². The first kappa shape index (κ1) is 15.2. The van der Waals surface area contributed by atoms with Crippen LogP contribution in [0.3, 0.4) is 0 Å². The van der Waals surface area contributed by atoms with E-state index < -0.39 is 0 Å². The van der Waals surface area contributed by atoms with E-state index in [2.05, 4.69) is 5.32 Å². The number of carbonyl (C=O) groups is 1. The zero-order chi connectivity index (χ0) is 14.1. The second kappa shape index (κ2) is 8.32. The Kier molecular flexibility index (Phi) is 6.68. The summed E-state index contributed by atoms with van der Waals surface area (Å²) in [5, 5.41) is 11.6. The van der Waals surface area contributed by atoms with Gasteiger partial charge in [0, 0.05) is 19.2 Å². The normalized spacial score (nSPS) is 12.4. The summed E-state index contributed by atoms with van der Waals surface area (Å²) in [4.78, 5) is 11.5. The summed E-state index contributed by atoms with van der Waals surface area (Å²) in [6, 6.07) is 7.53. The molecule has 0 saturated heterocycles. The highest BCUT2D eigenvalue weighted by molar-refractivity contribution is 5.91. The van der Waals surface area contributed by atoms with Gasteiger partial charge in [0.2, 0.25) is 5.91 Å². The summed E-state index contributed by atoms with van der Waals surface area (Å²) in [5.74, 6) is 0.734. The molecular weight excluding hydrogens is 242 g/mol. The van der Waals surface area contributed by atoms with Crippen LogP contribution in [0.2, 0.25) is 0 Å². The fourth-order valence-electron chi connectivity index (χ4n) is 1.41. The summed E-state index contributed by atoms with van der Waals surface area (Å²) >= 11 is 0. The van der Waals surface area contributed by atoms with Crippen molar-refractivity contribution in [2.45, 2.75) is 13.8 Å². The van der Waals surface area contributed by atoms with Crippen molar-refractivity contribution in [3.05, 3.63) is 35.9 Å². The van der Waals surface area contributed by atoms with Crippen LogP contribution >= 0.6 is 0 Å². The predicted octanol–water partition coefficient (Wildman–Crippen LogP) is 1.84. The van der Waals surface area contributed by atoms with Crippen molar-refractivity contribution in [2.24, 2.45) is 5.92 Å². The van der Waals surface area contributed by atoms with Crippen molar-refractivity contribution in [2.75, 3.05) is 19.8 Å². The maximum atomic E-state index is 11.5. The van der Waals surface area contributed by atoms with Crippen LogP contribution in [0, 0.1) is 5.92 Å². The topological polar surface area (TPSA) is 58.6 Å². The average molecular weight is 263 g/mol. The molecular formula is C15H21NO3. The van der Waals surface area contributed by atoms with Crippen molar-refractivity contribution >= 4 is 12.0 Å². The second-order valence-electron chi connectivity index (χ2n) is 4.37. The molecule has 19 heavy (non-hydrogen) atoms. The SMILES string of the molecule is CCOc1ccc(C=CC(=O)NCC(C)CO)cc1. The third kappa shape index (κ3) is 6.06. The Bertz CT molecular complexity index is 412. The maximum absolute atomic E-state index is 11.5. The number of aliphatic hydroxyl groups is 1. The van der Waals surface area contributed by atoms with Crippen LogP contribution in [-0.2, 0) is 4.79 Å². The zero-order valence-electron chi connectivity index (χ0n) is 11.4. The fraction of sp³-hybridized carbons (Fsp3) is 0.400. The highest BCUT2D eigenvalue weighted by atomic mass is 16.5. The van der Waals surface area contributed by atoms with Gasteiger partial charge < -0.3 is 15.2 Å².